The molecule has 0 aliphatic heterocycles. The molecule has 1 aromatic carbocycles. The summed E-state index contributed by atoms with van der Waals surface area (Å²) in [7, 11) is 0. The van der Waals surface area contributed by atoms with Crippen molar-refractivity contribution in [3.8, 4) is 5.75 Å². The standard InChI is InChI=1S/C20H24O5/c1-13-4-8-17(9-5-13)24-18-10-6-16(7-11-18)14(2)22-12-19-15(3)23-20(21)25-19/h6-7,10-11,13,17H,2,4-5,8-9,12H2,1,3H3. The molecule has 0 spiro atoms. The summed E-state index contributed by atoms with van der Waals surface area (Å²) in [5, 5.41) is 0. The number of rotatable bonds is 6. The average molecular weight is 344 g/mol. The molecule has 0 radical (unpaired) electrons. The fraction of sp³-hybridized carbons (Fsp3) is 0.450. The van der Waals surface area contributed by atoms with E-state index in [0.717, 1.165) is 30.1 Å². The third-order valence-electron chi connectivity index (χ3n) is 4.66. The Kier molecular flexibility index (Phi) is 5.31. The van der Waals surface area contributed by atoms with Gasteiger partial charge in [0.2, 0.25) is 0 Å². The summed E-state index contributed by atoms with van der Waals surface area (Å²) < 4.78 is 21.3. The van der Waals surface area contributed by atoms with Crippen molar-refractivity contribution < 1.29 is 18.3 Å². The van der Waals surface area contributed by atoms with Gasteiger partial charge in [0.1, 0.15) is 18.1 Å². The van der Waals surface area contributed by atoms with Gasteiger partial charge in [-0.2, -0.15) is 0 Å². The molecule has 0 bridgehead atoms. The van der Waals surface area contributed by atoms with Crippen LogP contribution in [-0.4, -0.2) is 6.10 Å². The van der Waals surface area contributed by atoms with Crippen LogP contribution >= 0.6 is 0 Å². The van der Waals surface area contributed by atoms with Crippen molar-refractivity contribution in [2.75, 3.05) is 0 Å². The van der Waals surface area contributed by atoms with Gasteiger partial charge in [-0.05, 0) is 62.8 Å². The predicted molar refractivity (Wildman–Crippen MR) is 94.3 cm³/mol. The Bertz CT molecular complexity index is 760. The van der Waals surface area contributed by atoms with Gasteiger partial charge < -0.3 is 18.3 Å². The highest BCUT2D eigenvalue weighted by molar-refractivity contribution is 5.58. The summed E-state index contributed by atoms with van der Waals surface area (Å²) in [4.78, 5) is 11.0. The summed E-state index contributed by atoms with van der Waals surface area (Å²) in [5.41, 5.74) is 0.855. The third kappa shape index (κ3) is 4.56. The minimum absolute atomic E-state index is 0.106. The lowest BCUT2D eigenvalue weighted by Crippen LogP contribution is -2.22. The van der Waals surface area contributed by atoms with E-state index in [-0.39, 0.29) is 6.61 Å². The Balaban J connectivity index is 1.53. The fourth-order valence-electron chi connectivity index (χ4n) is 3.00. The average Bonchev–Trinajstić information content (AvgIpc) is 2.93. The summed E-state index contributed by atoms with van der Waals surface area (Å²) in [6.45, 7) is 7.98. The van der Waals surface area contributed by atoms with Crippen LogP contribution < -0.4 is 10.6 Å². The highest BCUT2D eigenvalue weighted by Crippen LogP contribution is 2.28. The molecule has 1 fully saturated rings. The van der Waals surface area contributed by atoms with Gasteiger partial charge in [-0.3, -0.25) is 0 Å². The number of hydrogen-bond acceptors (Lipinski definition) is 5. The molecule has 1 heterocycles. The van der Waals surface area contributed by atoms with E-state index in [0.29, 0.717) is 23.4 Å². The van der Waals surface area contributed by atoms with E-state index in [4.69, 9.17) is 18.3 Å². The first-order chi connectivity index (χ1) is 12.0. The van der Waals surface area contributed by atoms with Crippen LogP contribution in [0.25, 0.3) is 5.76 Å². The van der Waals surface area contributed by atoms with E-state index in [9.17, 15) is 4.79 Å². The zero-order valence-electron chi connectivity index (χ0n) is 14.7. The first kappa shape index (κ1) is 17.4. The van der Waals surface area contributed by atoms with Crippen molar-refractivity contribution in [3.63, 3.8) is 0 Å². The maximum absolute atomic E-state index is 11.0. The maximum Gasteiger partial charge on any atom is 0.519 e. The molecule has 0 unspecified atom stereocenters. The molecule has 3 rings (SSSR count). The van der Waals surface area contributed by atoms with Crippen molar-refractivity contribution in [3.05, 3.63) is 58.5 Å². The van der Waals surface area contributed by atoms with Crippen molar-refractivity contribution in [1.82, 2.24) is 0 Å². The molecule has 0 amide bonds. The Morgan fingerprint density at radius 2 is 1.84 bits per heavy atom. The van der Waals surface area contributed by atoms with E-state index in [1.165, 1.54) is 12.8 Å². The van der Waals surface area contributed by atoms with Crippen LogP contribution in [-0.2, 0) is 11.3 Å². The lowest BCUT2D eigenvalue weighted by molar-refractivity contribution is 0.135. The number of ether oxygens (including phenoxy) is 2. The van der Waals surface area contributed by atoms with Crippen molar-refractivity contribution in [1.29, 1.82) is 0 Å². The molecule has 5 nitrogen and oxygen atoms in total. The first-order valence-electron chi connectivity index (χ1n) is 8.69. The second kappa shape index (κ2) is 7.64. The Morgan fingerprint density at radius 3 is 2.44 bits per heavy atom. The van der Waals surface area contributed by atoms with Crippen LogP contribution in [0.2, 0.25) is 0 Å². The SMILES string of the molecule is C=C(OCc1oc(=O)oc1C)c1ccc(OC2CCC(C)CC2)cc1. The minimum Gasteiger partial charge on any atom is -0.490 e. The smallest absolute Gasteiger partial charge is 0.490 e. The van der Waals surface area contributed by atoms with Gasteiger partial charge in [-0.15, -0.1) is 0 Å². The Morgan fingerprint density at radius 1 is 1.16 bits per heavy atom. The van der Waals surface area contributed by atoms with Gasteiger partial charge in [-0.1, -0.05) is 13.5 Å². The van der Waals surface area contributed by atoms with Gasteiger partial charge >= 0.3 is 5.82 Å². The second-order valence-corrected chi connectivity index (χ2v) is 6.67. The molecule has 1 aromatic heterocycles. The van der Waals surface area contributed by atoms with Crippen molar-refractivity contribution in [2.24, 2.45) is 5.92 Å². The quantitative estimate of drug-likeness (QED) is 0.712. The van der Waals surface area contributed by atoms with Gasteiger partial charge in [0.05, 0.1) is 6.10 Å². The predicted octanol–water partition coefficient (Wildman–Crippen LogP) is 4.69. The van der Waals surface area contributed by atoms with E-state index in [1.54, 1.807) is 6.92 Å². The molecule has 5 heteroatoms. The largest absolute Gasteiger partial charge is 0.519 e. The van der Waals surface area contributed by atoms with Crippen LogP contribution in [0, 0.1) is 12.8 Å². The molecular weight excluding hydrogens is 320 g/mol. The number of benzene rings is 1. The molecule has 2 aromatic rings. The molecule has 25 heavy (non-hydrogen) atoms. The molecule has 0 N–H and O–H groups in total. The highest BCUT2D eigenvalue weighted by Gasteiger charge is 2.19. The highest BCUT2D eigenvalue weighted by atomic mass is 16.6. The molecule has 1 aliphatic rings. The van der Waals surface area contributed by atoms with Gasteiger partial charge in [0.25, 0.3) is 0 Å². The zero-order chi connectivity index (χ0) is 17.8. The normalized spacial score (nSPS) is 20.2. The Labute approximate surface area is 147 Å². The van der Waals surface area contributed by atoms with Gasteiger partial charge in [0, 0.05) is 5.56 Å². The van der Waals surface area contributed by atoms with Crippen LogP contribution in [0.1, 0.15) is 49.7 Å². The summed E-state index contributed by atoms with van der Waals surface area (Å²) >= 11 is 0. The maximum atomic E-state index is 11.0. The zero-order valence-corrected chi connectivity index (χ0v) is 14.7. The monoisotopic (exact) mass is 344 g/mol. The first-order valence-corrected chi connectivity index (χ1v) is 8.69. The molecule has 1 aliphatic carbocycles. The van der Waals surface area contributed by atoms with Crippen molar-refractivity contribution in [2.45, 2.75) is 52.2 Å². The summed E-state index contributed by atoms with van der Waals surface area (Å²) in [5.74, 6) is 2.25. The van der Waals surface area contributed by atoms with Gasteiger partial charge in [0.15, 0.2) is 11.5 Å². The van der Waals surface area contributed by atoms with Crippen LogP contribution in [0.15, 0.2) is 44.5 Å². The lowest BCUT2D eigenvalue weighted by atomic mass is 9.89. The molecule has 1 saturated carbocycles. The topological polar surface area (TPSA) is 61.8 Å². The Hall–Kier alpha value is -2.43. The van der Waals surface area contributed by atoms with E-state index in [1.807, 2.05) is 24.3 Å². The summed E-state index contributed by atoms with van der Waals surface area (Å²) in [6.07, 6.45) is 5.02. The third-order valence-corrected chi connectivity index (χ3v) is 4.66. The molecule has 0 saturated heterocycles. The van der Waals surface area contributed by atoms with Crippen LogP contribution in [0.5, 0.6) is 5.75 Å². The van der Waals surface area contributed by atoms with Gasteiger partial charge in [-0.25, -0.2) is 4.79 Å². The van der Waals surface area contributed by atoms with E-state index < -0.39 is 5.82 Å². The van der Waals surface area contributed by atoms with Crippen LogP contribution in [0.3, 0.4) is 0 Å². The molecular formula is C20H24O5. The van der Waals surface area contributed by atoms with E-state index in [2.05, 4.69) is 13.5 Å². The number of hydrogen-bond donors (Lipinski definition) is 0. The minimum atomic E-state index is -0.722. The van der Waals surface area contributed by atoms with Crippen LogP contribution in [0.4, 0.5) is 0 Å². The second-order valence-electron chi connectivity index (χ2n) is 6.67. The fourth-order valence-corrected chi connectivity index (χ4v) is 3.00. The van der Waals surface area contributed by atoms with Crippen molar-refractivity contribution >= 4 is 5.76 Å². The lowest BCUT2D eigenvalue weighted by Gasteiger charge is -2.26. The summed E-state index contributed by atoms with van der Waals surface area (Å²) in [6, 6.07) is 7.71. The number of aryl methyl sites for hydroxylation is 1. The molecule has 0 atom stereocenters. The molecule has 134 valence electrons. The van der Waals surface area contributed by atoms with E-state index >= 15 is 0 Å².